The van der Waals surface area contributed by atoms with Crippen molar-refractivity contribution >= 4 is 5.69 Å². The second-order valence-electron chi connectivity index (χ2n) is 5.57. The first kappa shape index (κ1) is 14.9. The summed E-state index contributed by atoms with van der Waals surface area (Å²) in [6.07, 6.45) is 0.0387. The maximum absolute atomic E-state index is 10.5. The van der Waals surface area contributed by atoms with Crippen LogP contribution in [0.1, 0.15) is 19.4 Å². The molecule has 1 aliphatic heterocycles. The number of non-ortho nitro benzene ring substituents is 1. The van der Waals surface area contributed by atoms with Crippen molar-refractivity contribution in [1.29, 1.82) is 0 Å². The van der Waals surface area contributed by atoms with Gasteiger partial charge in [0.05, 0.1) is 29.8 Å². The van der Waals surface area contributed by atoms with Crippen molar-refractivity contribution in [2.24, 2.45) is 0 Å². The SMILES string of the molecule is CC1(C)CNCC(COCc2ccc([N+](=O)[O-])cc2)O1. The Bertz CT molecular complexity index is 459. The molecule has 2 rings (SSSR count). The van der Waals surface area contributed by atoms with E-state index in [4.69, 9.17) is 9.47 Å². The summed E-state index contributed by atoms with van der Waals surface area (Å²) in [5.41, 5.74) is 0.841. The van der Waals surface area contributed by atoms with E-state index < -0.39 is 4.92 Å². The molecule has 1 fully saturated rings. The van der Waals surface area contributed by atoms with E-state index in [1.165, 1.54) is 12.1 Å². The van der Waals surface area contributed by atoms with Crippen molar-refractivity contribution in [2.75, 3.05) is 19.7 Å². The van der Waals surface area contributed by atoms with Gasteiger partial charge in [-0.1, -0.05) is 0 Å². The van der Waals surface area contributed by atoms with Crippen molar-refractivity contribution in [1.82, 2.24) is 5.32 Å². The zero-order valence-electron chi connectivity index (χ0n) is 11.8. The number of hydrogen-bond donors (Lipinski definition) is 1. The van der Waals surface area contributed by atoms with Crippen LogP contribution in [-0.4, -0.2) is 36.3 Å². The molecule has 6 heteroatoms. The molecule has 20 heavy (non-hydrogen) atoms. The highest BCUT2D eigenvalue weighted by atomic mass is 16.6. The molecule has 1 aromatic rings. The fourth-order valence-corrected chi connectivity index (χ4v) is 2.18. The van der Waals surface area contributed by atoms with E-state index in [1.807, 2.05) is 13.8 Å². The Labute approximate surface area is 118 Å². The molecule has 1 unspecified atom stereocenters. The van der Waals surface area contributed by atoms with E-state index in [-0.39, 0.29) is 17.4 Å². The van der Waals surface area contributed by atoms with Crippen molar-refractivity contribution in [3.63, 3.8) is 0 Å². The van der Waals surface area contributed by atoms with Gasteiger partial charge < -0.3 is 14.8 Å². The summed E-state index contributed by atoms with van der Waals surface area (Å²) in [6, 6.07) is 6.39. The molecule has 0 radical (unpaired) electrons. The van der Waals surface area contributed by atoms with Crippen LogP contribution >= 0.6 is 0 Å². The summed E-state index contributed by atoms with van der Waals surface area (Å²) in [6.45, 7) is 6.65. The summed E-state index contributed by atoms with van der Waals surface area (Å²) < 4.78 is 11.5. The highest BCUT2D eigenvalue weighted by Crippen LogP contribution is 2.16. The number of morpholine rings is 1. The molecule has 0 saturated carbocycles. The van der Waals surface area contributed by atoms with Crippen LogP contribution in [0.25, 0.3) is 0 Å². The van der Waals surface area contributed by atoms with Crippen LogP contribution in [-0.2, 0) is 16.1 Å². The van der Waals surface area contributed by atoms with Crippen LogP contribution in [0.15, 0.2) is 24.3 Å². The van der Waals surface area contributed by atoms with Gasteiger partial charge >= 0.3 is 0 Å². The third-order valence-corrected chi connectivity index (χ3v) is 3.13. The highest BCUT2D eigenvalue weighted by Gasteiger charge is 2.28. The maximum Gasteiger partial charge on any atom is 0.269 e. The monoisotopic (exact) mass is 280 g/mol. The fourth-order valence-electron chi connectivity index (χ4n) is 2.18. The smallest absolute Gasteiger partial charge is 0.269 e. The van der Waals surface area contributed by atoms with Gasteiger partial charge in [-0.3, -0.25) is 10.1 Å². The van der Waals surface area contributed by atoms with Gasteiger partial charge in [-0.25, -0.2) is 0 Å². The number of ether oxygens (including phenoxy) is 2. The Morgan fingerprint density at radius 2 is 2.15 bits per heavy atom. The van der Waals surface area contributed by atoms with Crippen LogP contribution in [0, 0.1) is 10.1 Å². The third-order valence-electron chi connectivity index (χ3n) is 3.13. The van der Waals surface area contributed by atoms with Crippen molar-refractivity contribution < 1.29 is 14.4 Å². The largest absolute Gasteiger partial charge is 0.374 e. The molecule has 1 aliphatic rings. The zero-order chi connectivity index (χ0) is 14.6. The molecule has 0 aliphatic carbocycles. The number of nitro groups is 1. The molecule has 0 spiro atoms. The Balaban J connectivity index is 1.76. The average Bonchev–Trinajstić information content (AvgIpc) is 2.38. The molecule has 0 amide bonds. The molecular weight excluding hydrogens is 260 g/mol. The Hall–Kier alpha value is -1.50. The van der Waals surface area contributed by atoms with Crippen LogP contribution in [0.3, 0.4) is 0 Å². The van der Waals surface area contributed by atoms with Gasteiger partial charge in [0.25, 0.3) is 5.69 Å². The lowest BCUT2D eigenvalue weighted by atomic mass is 10.1. The highest BCUT2D eigenvalue weighted by molar-refractivity contribution is 5.32. The van der Waals surface area contributed by atoms with E-state index in [0.717, 1.165) is 18.7 Å². The molecule has 1 saturated heterocycles. The fraction of sp³-hybridized carbons (Fsp3) is 0.571. The lowest BCUT2D eigenvalue weighted by Crippen LogP contribution is -2.51. The van der Waals surface area contributed by atoms with Crippen molar-refractivity contribution in [2.45, 2.75) is 32.2 Å². The Morgan fingerprint density at radius 3 is 2.75 bits per heavy atom. The van der Waals surface area contributed by atoms with Gasteiger partial charge in [-0.15, -0.1) is 0 Å². The topological polar surface area (TPSA) is 73.6 Å². The number of benzene rings is 1. The second-order valence-corrected chi connectivity index (χ2v) is 5.57. The lowest BCUT2D eigenvalue weighted by Gasteiger charge is -2.36. The Morgan fingerprint density at radius 1 is 1.45 bits per heavy atom. The number of hydrogen-bond acceptors (Lipinski definition) is 5. The number of rotatable bonds is 5. The molecular formula is C14H20N2O4. The molecule has 6 nitrogen and oxygen atoms in total. The first-order chi connectivity index (χ1) is 9.46. The van der Waals surface area contributed by atoms with E-state index >= 15 is 0 Å². The van der Waals surface area contributed by atoms with Gasteiger partial charge in [-0.2, -0.15) is 0 Å². The van der Waals surface area contributed by atoms with E-state index in [0.29, 0.717) is 13.2 Å². The van der Waals surface area contributed by atoms with E-state index in [2.05, 4.69) is 5.32 Å². The van der Waals surface area contributed by atoms with E-state index in [1.54, 1.807) is 12.1 Å². The summed E-state index contributed by atoms with van der Waals surface area (Å²) in [5, 5.41) is 13.9. The van der Waals surface area contributed by atoms with Crippen molar-refractivity contribution in [3.05, 3.63) is 39.9 Å². The number of nitrogens with one attached hydrogen (secondary N) is 1. The van der Waals surface area contributed by atoms with Crippen LogP contribution in [0.4, 0.5) is 5.69 Å². The molecule has 1 atom stereocenters. The minimum absolute atomic E-state index is 0.0387. The second kappa shape index (κ2) is 6.30. The normalized spacial score (nSPS) is 21.6. The van der Waals surface area contributed by atoms with Gasteiger partial charge in [0.2, 0.25) is 0 Å². The minimum Gasteiger partial charge on any atom is -0.374 e. The van der Waals surface area contributed by atoms with Crippen LogP contribution in [0.5, 0.6) is 0 Å². The first-order valence-electron chi connectivity index (χ1n) is 6.66. The first-order valence-corrected chi connectivity index (χ1v) is 6.66. The third kappa shape index (κ3) is 4.26. The number of nitrogens with zero attached hydrogens (tertiary/aromatic N) is 1. The predicted molar refractivity (Wildman–Crippen MR) is 74.6 cm³/mol. The molecule has 110 valence electrons. The van der Waals surface area contributed by atoms with Gasteiger partial charge in [0.15, 0.2) is 0 Å². The van der Waals surface area contributed by atoms with Crippen LogP contribution in [0.2, 0.25) is 0 Å². The van der Waals surface area contributed by atoms with Gasteiger partial charge in [0.1, 0.15) is 0 Å². The summed E-state index contributed by atoms with van der Waals surface area (Å²) in [5.74, 6) is 0. The summed E-state index contributed by atoms with van der Waals surface area (Å²) in [4.78, 5) is 10.1. The van der Waals surface area contributed by atoms with E-state index in [9.17, 15) is 10.1 Å². The Kier molecular flexibility index (Phi) is 4.69. The molecule has 1 aromatic carbocycles. The number of nitro benzene ring substituents is 1. The quantitative estimate of drug-likeness (QED) is 0.658. The molecule has 0 bridgehead atoms. The zero-order valence-corrected chi connectivity index (χ0v) is 11.8. The van der Waals surface area contributed by atoms with Gasteiger partial charge in [-0.05, 0) is 31.5 Å². The standard InChI is InChI=1S/C14H20N2O4/c1-14(2)10-15-7-13(20-14)9-19-8-11-3-5-12(6-4-11)16(17)18/h3-6,13,15H,7-10H2,1-2H3. The molecule has 1 N–H and O–H groups in total. The van der Waals surface area contributed by atoms with Gasteiger partial charge in [0, 0.05) is 25.2 Å². The van der Waals surface area contributed by atoms with Crippen molar-refractivity contribution in [3.8, 4) is 0 Å². The minimum atomic E-state index is -0.408. The molecule has 0 aromatic heterocycles. The maximum atomic E-state index is 10.5. The lowest BCUT2D eigenvalue weighted by molar-refractivity contribution is -0.384. The van der Waals surface area contributed by atoms with Crippen LogP contribution < -0.4 is 5.32 Å². The summed E-state index contributed by atoms with van der Waals surface area (Å²) >= 11 is 0. The molecule has 1 heterocycles. The predicted octanol–water partition coefficient (Wildman–Crippen LogP) is 1.88. The summed E-state index contributed by atoms with van der Waals surface area (Å²) in [7, 11) is 0. The average molecular weight is 280 g/mol.